The van der Waals surface area contributed by atoms with Gasteiger partial charge in [-0.2, -0.15) is 0 Å². The largest absolute Gasteiger partial charge is 0.508 e. The molecule has 0 radical (unpaired) electrons. The SMILES string of the molecule is CC(C)C1C(=O)NC(C)(C)C(=O)N1Cc1cccc(O)c1. The minimum atomic E-state index is -0.903. The zero-order valence-corrected chi connectivity index (χ0v) is 12.9. The molecule has 0 bridgehead atoms. The first-order valence-corrected chi connectivity index (χ1v) is 7.13. The van der Waals surface area contributed by atoms with Crippen LogP contribution in [-0.4, -0.2) is 33.4 Å². The van der Waals surface area contributed by atoms with Crippen LogP contribution in [0.4, 0.5) is 0 Å². The van der Waals surface area contributed by atoms with Crippen LogP contribution in [-0.2, 0) is 16.1 Å². The maximum absolute atomic E-state index is 12.6. The number of nitrogens with zero attached hydrogens (tertiary/aromatic N) is 1. The van der Waals surface area contributed by atoms with Crippen molar-refractivity contribution in [2.75, 3.05) is 0 Å². The van der Waals surface area contributed by atoms with Crippen LogP contribution in [0.25, 0.3) is 0 Å². The van der Waals surface area contributed by atoms with Crippen LogP contribution in [0.1, 0.15) is 33.3 Å². The van der Waals surface area contributed by atoms with E-state index < -0.39 is 11.6 Å². The lowest BCUT2D eigenvalue weighted by atomic mass is 9.91. The van der Waals surface area contributed by atoms with Crippen molar-refractivity contribution in [2.45, 2.75) is 45.8 Å². The van der Waals surface area contributed by atoms with Gasteiger partial charge in [-0.1, -0.05) is 26.0 Å². The van der Waals surface area contributed by atoms with Gasteiger partial charge in [0.1, 0.15) is 17.3 Å². The quantitative estimate of drug-likeness (QED) is 0.889. The topological polar surface area (TPSA) is 69.6 Å². The number of piperazine rings is 1. The molecule has 1 fully saturated rings. The van der Waals surface area contributed by atoms with Gasteiger partial charge in [0.05, 0.1) is 0 Å². The molecule has 114 valence electrons. The van der Waals surface area contributed by atoms with E-state index in [4.69, 9.17) is 0 Å². The third-order valence-corrected chi connectivity index (χ3v) is 3.73. The van der Waals surface area contributed by atoms with Crippen molar-refractivity contribution in [3.05, 3.63) is 29.8 Å². The van der Waals surface area contributed by atoms with Gasteiger partial charge in [0.15, 0.2) is 0 Å². The van der Waals surface area contributed by atoms with E-state index in [0.29, 0.717) is 6.54 Å². The Kier molecular flexibility index (Phi) is 3.94. The molecule has 2 amide bonds. The molecule has 1 heterocycles. The molecule has 5 nitrogen and oxygen atoms in total. The Morgan fingerprint density at radius 3 is 2.57 bits per heavy atom. The molecule has 2 rings (SSSR count). The van der Waals surface area contributed by atoms with E-state index in [9.17, 15) is 14.7 Å². The fraction of sp³-hybridized carbons (Fsp3) is 0.500. The second-order valence-corrected chi connectivity index (χ2v) is 6.41. The Bertz CT molecular complexity index is 566. The summed E-state index contributed by atoms with van der Waals surface area (Å²) in [6.07, 6.45) is 0. The summed E-state index contributed by atoms with van der Waals surface area (Å²) in [4.78, 5) is 26.6. The molecule has 0 aromatic heterocycles. The number of hydrogen-bond donors (Lipinski definition) is 2. The number of phenolic OH excluding ortho intramolecular Hbond substituents is 1. The normalized spacial score (nSPS) is 21.6. The van der Waals surface area contributed by atoms with Crippen molar-refractivity contribution in [2.24, 2.45) is 5.92 Å². The van der Waals surface area contributed by atoms with Gasteiger partial charge in [-0.05, 0) is 37.5 Å². The summed E-state index contributed by atoms with van der Waals surface area (Å²) in [7, 11) is 0. The molecular formula is C16H22N2O3. The number of aromatic hydroxyl groups is 1. The predicted octanol–water partition coefficient (Wildman–Crippen LogP) is 1.65. The summed E-state index contributed by atoms with van der Waals surface area (Å²) in [5.41, 5.74) is -0.0984. The van der Waals surface area contributed by atoms with Gasteiger partial charge in [0.2, 0.25) is 11.8 Å². The monoisotopic (exact) mass is 290 g/mol. The fourth-order valence-electron chi connectivity index (χ4n) is 2.75. The molecule has 0 spiro atoms. The second kappa shape index (κ2) is 5.39. The smallest absolute Gasteiger partial charge is 0.248 e. The lowest BCUT2D eigenvalue weighted by Crippen LogP contribution is -2.68. The first-order valence-electron chi connectivity index (χ1n) is 7.13. The van der Waals surface area contributed by atoms with Crippen molar-refractivity contribution in [3.63, 3.8) is 0 Å². The van der Waals surface area contributed by atoms with E-state index in [-0.39, 0.29) is 23.5 Å². The molecule has 2 N–H and O–H groups in total. The molecule has 0 saturated carbocycles. The first kappa shape index (κ1) is 15.4. The highest BCUT2D eigenvalue weighted by Gasteiger charge is 2.46. The molecule has 21 heavy (non-hydrogen) atoms. The zero-order valence-electron chi connectivity index (χ0n) is 12.9. The van der Waals surface area contributed by atoms with Crippen LogP contribution < -0.4 is 5.32 Å². The third kappa shape index (κ3) is 3.01. The Balaban J connectivity index is 2.35. The molecule has 0 aliphatic carbocycles. The third-order valence-electron chi connectivity index (χ3n) is 3.73. The molecule has 1 aromatic carbocycles. The van der Waals surface area contributed by atoms with Crippen LogP contribution in [0.3, 0.4) is 0 Å². The summed E-state index contributed by atoms with van der Waals surface area (Å²) in [6, 6.07) is 6.27. The number of phenols is 1. The number of benzene rings is 1. The van der Waals surface area contributed by atoms with Crippen LogP contribution in [0.2, 0.25) is 0 Å². The van der Waals surface area contributed by atoms with Gasteiger partial charge in [-0.3, -0.25) is 9.59 Å². The second-order valence-electron chi connectivity index (χ2n) is 6.41. The van der Waals surface area contributed by atoms with E-state index in [1.807, 2.05) is 19.9 Å². The summed E-state index contributed by atoms with van der Waals surface area (Å²) in [6.45, 7) is 7.57. The zero-order chi connectivity index (χ0) is 15.8. The average molecular weight is 290 g/mol. The molecular weight excluding hydrogens is 268 g/mol. The molecule has 1 aliphatic rings. The maximum atomic E-state index is 12.6. The number of nitrogens with one attached hydrogen (secondary N) is 1. The predicted molar refractivity (Wildman–Crippen MR) is 79.5 cm³/mol. The molecule has 1 aromatic rings. The molecule has 1 unspecified atom stereocenters. The van der Waals surface area contributed by atoms with Gasteiger partial charge >= 0.3 is 0 Å². The number of amides is 2. The van der Waals surface area contributed by atoms with Crippen LogP contribution >= 0.6 is 0 Å². The Hall–Kier alpha value is -2.04. The molecule has 1 aliphatic heterocycles. The number of hydrogen-bond acceptors (Lipinski definition) is 3. The lowest BCUT2D eigenvalue weighted by Gasteiger charge is -2.44. The summed E-state index contributed by atoms with van der Waals surface area (Å²) in [5.74, 6) is -0.0666. The van der Waals surface area contributed by atoms with Gasteiger partial charge < -0.3 is 15.3 Å². The highest BCUT2D eigenvalue weighted by atomic mass is 16.3. The number of rotatable bonds is 3. The van der Waals surface area contributed by atoms with Gasteiger partial charge in [-0.25, -0.2) is 0 Å². The Morgan fingerprint density at radius 2 is 2.00 bits per heavy atom. The van der Waals surface area contributed by atoms with Crippen LogP contribution in [0, 0.1) is 5.92 Å². The minimum Gasteiger partial charge on any atom is -0.508 e. The molecule has 1 saturated heterocycles. The van der Waals surface area contributed by atoms with E-state index in [2.05, 4.69) is 5.32 Å². The van der Waals surface area contributed by atoms with Crippen molar-refractivity contribution < 1.29 is 14.7 Å². The minimum absolute atomic E-state index is 0.0161. The standard InChI is InChI=1S/C16H22N2O3/c1-10(2)13-14(20)17-16(3,4)15(21)18(13)9-11-6-5-7-12(19)8-11/h5-8,10,13,19H,9H2,1-4H3,(H,17,20). The highest BCUT2D eigenvalue weighted by Crippen LogP contribution is 2.25. The summed E-state index contributed by atoms with van der Waals surface area (Å²) in [5, 5.41) is 12.3. The van der Waals surface area contributed by atoms with Crippen molar-refractivity contribution in [3.8, 4) is 5.75 Å². The van der Waals surface area contributed by atoms with E-state index in [0.717, 1.165) is 5.56 Å². The maximum Gasteiger partial charge on any atom is 0.248 e. The van der Waals surface area contributed by atoms with E-state index >= 15 is 0 Å². The van der Waals surface area contributed by atoms with Crippen molar-refractivity contribution >= 4 is 11.8 Å². The van der Waals surface area contributed by atoms with Crippen molar-refractivity contribution in [1.29, 1.82) is 0 Å². The lowest BCUT2D eigenvalue weighted by molar-refractivity contribution is -0.156. The number of carbonyl (C=O) groups is 2. The van der Waals surface area contributed by atoms with Gasteiger partial charge in [0.25, 0.3) is 0 Å². The first-order chi connectivity index (χ1) is 9.72. The van der Waals surface area contributed by atoms with Crippen molar-refractivity contribution in [1.82, 2.24) is 10.2 Å². The summed E-state index contributed by atoms with van der Waals surface area (Å²) >= 11 is 0. The van der Waals surface area contributed by atoms with E-state index in [1.54, 1.807) is 36.9 Å². The fourth-order valence-corrected chi connectivity index (χ4v) is 2.75. The van der Waals surface area contributed by atoms with Gasteiger partial charge in [0, 0.05) is 6.54 Å². The van der Waals surface area contributed by atoms with Gasteiger partial charge in [-0.15, -0.1) is 0 Å². The van der Waals surface area contributed by atoms with E-state index in [1.165, 1.54) is 0 Å². The summed E-state index contributed by atoms with van der Waals surface area (Å²) < 4.78 is 0. The number of carbonyl (C=O) groups excluding carboxylic acids is 2. The van der Waals surface area contributed by atoms with Crippen LogP contribution in [0.15, 0.2) is 24.3 Å². The molecule has 5 heteroatoms. The molecule has 1 atom stereocenters. The highest BCUT2D eigenvalue weighted by molar-refractivity contribution is 5.99. The Morgan fingerprint density at radius 1 is 1.33 bits per heavy atom. The van der Waals surface area contributed by atoms with Crippen LogP contribution in [0.5, 0.6) is 5.75 Å². The average Bonchev–Trinajstić information content (AvgIpc) is 2.34. The Labute approximate surface area is 125 Å².